The molecule has 0 bridgehead atoms. The molecule has 2 aromatic rings. The van der Waals surface area contributed by atoms with Gasteiger partial charge in [0.25, 0.3) is 0 Å². The summed E-state index contributed by atoms with van der Waals surface area (Å²) < 4.78 is 6.85. The lowest BCUT2D eigenvalue weighted by molar-refractivity contribution is -0.140. The zero-order chi connectivity index (χ0) is 11.7. The molecular formula is C12H13NO3. The van der Waals surface area contributed by atoms with Crippen LogP contribution in [-0.2, 0) is 4.79 Å². The first-order chi connectivity index (χ1) is 7.63. The number of hydrogen-bond donors (Lipinski definition) is 1. The number of benzene rings is 1. The van der Waals surface area contributed by atoms with E-state index in [1.165, 1.54) is 0 Å². The molecule has 0 amide bonds. The predicted molar refractivity (Wildman–Crippen MR) is 60.8 cm³/mol. The number of carbonyl (C=O) groups is 1. The van der Waals surface area contributed by atoms with E-state index in [-0.39, 0.29) is 0 Å². The van der Waals surface area contributed by atoms with Gasteiger partial charge in [0.15, 0.2) is 0 Å². The summed E-state index contributed by atoms with van der Waals surface area (Å²) in [6.07, 6.45) is 1.78. The van der Waals surface area contributed by atoms with Crippen molar-refractivity contribution < 1.29 is 14.6 Å². The van der Waals surface area contributed by atoms with Crippen molar-refractivity contribution in [3.8, 4) is 5.75 Å². The molecule has 1 atom stereocenters. The Labute approximate surface area is 93.1 Å². The first kappa shape index (κ1) is 10.5. The van der Waals surface area contributed by atoms with Crippen molar-refractivity contribution in [2.45, 2.75) is 13.0 Å². The smallest absolute Gasteiger partial charge is 0.326 e. The van der Waals surface area contributed by atoms with E-state index in [1.54, 1.807) is 24.8 Å². The van der Waals surface area contributed by atoms with Crippen molar-refractivity contribution in [2.75, 3.05) is 7.11 Å². The second kappa shape index (κ2) is 3.89. The SMILES string of the molecule is COc1ccc2c(ccn2C(C)C(=O)O)c1. The molecule has 0 aliphatic carbocycles. The van der Waals surface area contributed by atoms with Gasteiger partial charge in [-0.05, 0) is 31.2 Å². The number of ether oxygens (including phenoxy) is 1. The van der Waals surface area contributed by atoms with E-state index >= 15 is 0 Å². The fraction of sp³-hybridized carbons (Fsp3) is 0.250. The summed E-state index contributed by atoms with van der Waals surface area (Å²) in [5.41, 5.74) is 0.899. The molecule has 0 aliphatic rings. The summed E-state index contributed by atoms with van der Waals surface area (Å²) in [4.78, 5) is 10.9. The molecular weight excluding hydrogens is 206 g/mol. The molecule has 0 aliphatic heterocycles. The largest absolute Gasteiger partial charge is 0.497 e. The van der Waals surface area contributed by atoms with Gasteiger partial charge in [-0.3, -0.25) is 0 Å². The molecule has 1 heterocycles. The minimum Gasteiger partial charge on any atom is -0.497 e. The minimum atomic E-state index is -0.840. The number of aliphatic carboxylic acids is 1. The van der Waals surface area contributed by atoms with Crippen LogP contribution in [0.3, 0.4) is 0 Å². The molecule has 1 aromatic carbocycles. The van der Waals surface area contributed by atoms with E-state index in [0.717, 1.165) is 16.7 Å². The number of nitrogens with zero attached hydrogens (tertiary/aromatic N) is 1. The fourth-order valence-electron chi connectivity index (χ4n) is 1.73. The number of aromatic nitrogens is 1. The van der Waals surface area contributed by atoms with Crippen molar-refractivity contribution in [1.29, 1.82) is 0 Å². The molecule has 1 unspecified atom stereocenters. The Bertz CT molecular complexity index is 530. The van der Waals surface area contributed by atoms with Crippen LogP contribution in [0.25, 0.3) is 10.9 Å². The van der Waals surface area contributed by atoms with Crippen LogP contribution < -0.4 is 4.74 Å². The van der Waals surface area contributed by atoms with Gasteiger partial charge in [0.05, 0.1) is 7.11 Å². The highest BCUT2D eigenvalue weighted by Crippen LogP contribution is 2.24. The van der Waals surface area contributed by atoms with Crippen molar-refractivity contribution in [2.24, 2.45) is 0 Å². The van der Waals surface area contributed by atoms with Gasteiger partial charge in [0.1, 0.15) is 11.8 Å². The Kier molecular flexibility index (Phi) is 2.56. The van der Waals surface area contributed by atoms with E-state index < -0.39 is 12.0 Å². The van der Waals surface area contributed by atoms with Crippen molar-refractivity contribution in [3.05, 3.63) is 30.5 Å². The van der Waals surface area contributed by atoms with Gasteiger partial charge in [-0.25, -0.2) is 4.79 Å². The third-order valence-electron chi connectivity index (χ3n) is 2.70. The van der Waals surface area contributed by atoms with Crippen LogP contribution in [0.15, 0.2) is 30.5 Å². The minimum absolute atomic E-state index is 0.564. The van der Waals surface area contributed by atoms with E-state index in [9.17, 15) is 4.79 Å². The number of carboxylic acid groups (broad SMARTS) is 1. The topological polar surface area (TPSA) is 51.5 Å². The highest BCUT2D eigenvalue weighted by molar-refractivity contribution is 5.84. The number of rotatable bonds is 3. The summed E-state index contributed by atoms with van der Waals surface area (Å²) >= 11 is 0. The van der Waals surface area contributed by atoms with Gasteiger partial charge in [-0.15, -0.1) is 0 Å². The Morgan fingerprint density at radius 1 is 1.44 bits per heavy atom. The van der Waals surface area contributed by atoms with Gasteiger partial charge in [-0.1, -0.05) is 0 Å². The normalized spacial score (nSPS) is 12.6. The van der Waals surface area contributed by atoms with Crippen LogP contribution in [0.4, 0.5) is 0 Å². The molecule has 0 radical (unpaired) electrons. The summed E-state index contributed by atoms with van der Waals surface area (Å²) in [7, 11) is 1.61. The van der Waals surface area contributed by atoms with Crippen LogP contribution in [0, 0.1) is 0 Å². The van der Waals surface area contributed by atoms with E-state index in [0.29, 0.717) is 0 Å². The molecule has 0 saturated carbocycles. The van der Waals surface area contributed by atoms with Gasteiger partial charge >= 0.3 is 5.97 Å². The summed E-state index contributed by atoms with van der Waals surface area (Å²) in [6.45, 7) is 1.66. The van der Waals surface area contributed by atoms with Crippen LogP contribution in [0.2, 0.25) is 0 Å². The van der Waals surface area contributed by atoms with Crippen molar-refractivity contribution in [3.63, 3.8) is 0 Å². The molecule has 16 heavy (non-hydrogen) atoms. The molecule has 4 nitrogen and oxygen atoms in total. The molecule has 0 spiro atoms. The van der Waals surface area contributed by atoms with Crippen LogP contribution in [-0.4, -0.2) is 22.8 Å². The Hall–Kier alpha value is -1.97. The maximum absolute atomic E-state index is 10.9. The highest BCUT2D eigenvalue weighted by atomic mass is 16.5. The second-order valence-corrected chi connectivity index (χ2v) is 3.66. The summed E-state index contributed by atoms with van der Waals surface area (Å²) in [6, 6.07) is 6.91. The van der Waals surface area contributed by atoms with Crippen LogP contribution in [0.1, 0.15) is 13.0 Å². The van der Waals surface area contributed by atoms with Crippen LogP contribution >= 0.6 is 0 Å². The monoisotopic (exact) mass is 219 g/mol. The Balaban J connectivity index is 2.53. The molecule has 84 valence electrons. The lowest BCUT2D eigenvalue weighted by atomic mass is 10.2. The number of hydrogen-bond acceptors (Lipinski definition) is 2. The van der Waals surface area contributed by atoms with Gasteiger partial charge in [0, 0.05) is 17.1 Å². The number of carboxylic acids is 1. The zero-order valence-corrected chi connectivity index (χ0v) is 9.18. The van der Waals surface area contributed by atoms with Crippen molar-refractivity contribution in [1.82, 2.24) is 4.57 Å². The van der Waals surface area contributed by atoms with Crippen molar-refractivity contribution >= 4 is 16.9 Å². The summed E-state index contributed by atoms with van der Waals surface area (Å²) in [5, 5.41) is 9.95. The van der Waals surface area contributed by atoms with Crippen LogP contribution in [0.5, 0.6) is 5.75 Å². The number of methoxy groups -OCH3 is 1. The average molecular weight is 219 g/mol. The Morgan fingerprint density at radius 2 is 2.19 bits per heavy atom. The fourth-order valence-corrected chi connectivity index (χ4v) is 1.73. The molecule has 2 rings (SSSR count). The third kappa shape index (κ3) is 1.62. The quantitative estimate of drug-likeness (QED) is 0.861. The second-order valence-electron chi connectivity index (χ2n) is 3.66. The standard InChI is InChI=1S/C12H13NO3/c1-8(12(14)15)13-6-5-9-7-10(16-2)3-4-11(9)13/h3-8H,1-2H3,(H,14,15). The molecule has 1 aromatic heterocycles. The lowest BCUT2D eigenvalue weighted by Gasteiger charge is -2.10. The van der Waals surface area contributed by atoms with E-state index in [4.69, 9.17) is 9.84 Å². The molecule has 0 fully saturated rings. The number of fused-ring (bicyclic) bond motifs is 1. The Morgan fingerprint density at radius 3 is 2.81 bits per heavy atom. The average Bonchev–Trinajstić information content (AvgIpc) is 2.70. The first-order valence-electron chi connectivity index (χ1n) is 5.01. The van der Waals surface area contributed by atoms with Gasteiger partial charge in [-0.2, -0.15) is 0 Å². The molecule has 1 N–H and O–H groups in total. The van der Waals surface area contributed by atoms with E-state index in [2.05, 4.69) is 0 Å². The lowest BCUT2D eigenvalue weighted by Crippen LogP contribution is -2.14. The highest BCUT2D eigenvalue weighted by Gasteiger charge is 2.14. The predicted octanol–water partition coefficient (Wildman–Crippen LogP) is 2.30. The maximum atomic E-state index is 10.9. The zero-order valence-electron chi connectivity index (χ0n) is 9.18. The third-order valence-corrected chi connectivity index (χ3v) is 2.70. The molecule has 4 heteroatoms. The van der Waals surface area contributed by atoms with Gasteiger partial charge in [0.2, 0.25) is 0 Å². The van der Waals surface area contributed by atoms with E-state index in [1.807, 2.05) is 24.3 Å². The summed E-state index contributed by atoms with van der Waals surface area (Å²) in [5.74, 6) is -0.0680. The molecule has 0 saturated heterocycles. The van der Waals surface area contributed by atoms with Gasteiger partial charge < -0.3 is 14.4 Å². The maximum Gasteiger partial charge on any atom is 0.326 e. The first-order valence-corrected chi connectivity index (χ1v) is 5.01.